The first-order chi connectivity index (χ1) is 13.1. The molecule has 0 bridgehead atoms. The summed E-state index contributed by atoms with van der Waals surface area (Å²) in [6, 6.07) is 5.83. The van der Waals surface area contributed by atoms with E-state index < -0.39 is 5.60 Å². The zero-order chi connectivity index (χ0) is 21.3. The van der Waals surface area contributed by atoms with Crippen molar-refractivity contribution in [2.24, 2.45) is 11.8 Å². The molecule has 0 heterocycles. The highest BCUT2D eigenvalue weighted by Gasteiger charge is 2.40. The maximum absolute atomic E-state index is 13.4. The molecule has 28 heavy (non-hydrogen) atoms. The first kappa shape index (κ1) is 24.5. The summed E-state index contributed by atoms with van der Waals surface area (Å²) in [6.07, 6.45) is 3.45. The summed E-state index contributed by atoms with van der Waals surface area (Å²) in [6.45, 7) is 17.4. The van der Waals surface area contributed by atoms with Gasteiger partial charge in [-0.15, -0.1) is 0 Å². The van der Waals surface area contributed by atoms with Gasteiger partial charge in [0.05, 0.1) is 6.10 Å². The van der Waals surface area contributed by atoms with Crippen LogP contribution in [-0.4, -0.2) is 24.2 Å². The molecular weight excluding hydrogens is 350 g/mol. The number of amides is 1. The minimum Gasteiger partial charge on any atom is -0.490 e. The highest BCUT2D eigenvalue weighted by Crippen LogP contribution is 2.32. The number of anilines is 1. The molecule has 1 aromatic carbocycles. The molecule has 0 aromatic heterocycles. The fourth-order valence-corrected chi connectivity index (χ4v) is 3.47. The zero-order valence-corrected chi connectivity index (χ0v) is 19.2. The van der Waals surface area contributed by atoms with Gasteiger partial charge in [0.25, 0.3) is 5.91 Å². The number of hydrogen-bond donors (Lipinski definition) is 1. The Morgan fingerprint density at radius 2 is 1.68 bits per heavy atom. The van der Waals surface area contributed by atoms with Crippen LogP contribution in [-0.2, 0) is 9.53 Å². The van der Waals surface area contributed by atoms with E-state index in [4.69, 9.17) is 9.47 Å². The molecular formula is C24H41NO3. The lowest BCUT2D eigenvalue weighted by Crippen LogP contribution is -2.47. The Bertz CT molecular complexity index is 600. The molecule has 0 fully saturated rings. The van der Waals surface area contributed by atoms with E-state index in [9.17, 15) is 4.79 Å². The number of hydrogen-bond acceptors (Lipinski definition) is 3. The second kappa shape index (κ2) is 11.5. The fourth-order valence-electron chi connectivity index (χ4n) is 3.47. The first-order valence-electron chi connectivity index (χ1n) is 10.9. The Labute approximate surface area is 172 Å². The molecule has 0 aliphatic rings. The standard InChI is InChI=1S/C24H41NO3/c1-9-13-27-24(15-17(3)4,16-18(5)6)23(26)25-21-11-12-22(19(7)14-21)28-20(8)10-2/h11-12,14,17-18,20H,9-10,13,15-16H2,1-8H3,(H,25,26)/t20-/m1/s1. The van der Waals surface area contributed by atoms with Crippen LogP contribution < -0.4 is 10.1 Å². The second-order valence-electron chi connectivity index (χ2n) is 8.81. The predicted octanol–water partition coefficient (Wildman–Crippen LogP) is 6.37. The smallest absolute Gasteiger partial charge is 0.256 e. The molecule has 0 spiro atoms. The van der Waals surface area contributed by atoms with Gasteiger partial charge in [-0.25, -0.2) is 0 Å². The van der Waals surface area contributed by atoms with E-state index in [-0.39, 0.29) is 12.0 Å². The SMILES string of the molecule is CCCOC(CC(C)C)(CC(C)C)C(=O)Nc1ccc(O[C@H](C)CC)c(C)c1. The van der Waals surface area contributed by atoms with Crippen molar-refractivity contribution < 1.29 is 14.3 Å². The maximum atomic E-state index is 13.4. The van der Waals surface area contributed by atoms with Crippen LogP contribution >= 0.6 is 0 Å². The highest BCUT2D eigenvalue weighted by atomic mass is 16.5. The largest absolute Gasteiger partial charge is 0.490 e. The van der Waals surface area contributed by atoms with Gasteiger partial charge in [0.15, 0.2) is 0 Å². The zero-order valence-electron chi connectivity index (χ0n) is 19.2. The molecule has 0 aliphatic carbocycles. The van der Waals surface area contributed by atoms with Crippen LogP contribution in [0.1, 0.15) is 79.7 Å². The number of benzene rings is 1. The molecule has 4 heteroatoms. The maximum Gasteiger partial charge on any atom is 0.256 e. The number of nitrogens with one attached hydrogen (secondary N) is 1. The number of ether oxygens (including phenoxy) is 2. The van der Waals surface area contributed by atoms with Crippen molar-refractivity contribution >= 4 is 11.6 Å². The molecule has 1 aromatic rings. The summed E-state index contributed by atoms with van der Waals surface area (Å²) in [5, 5.41) is 3.12. The van der Waals surface area contributed by atoms with Gasteiger partial charge in [-0.3, -0.25) is 4.79 Å². The van der Waals surface area contributed by atoms with Gasteiger partial charge in [0, 0.05) is 12.3 Å². The molecule has 1 N–H and O–H groups in total. The van der Waals surface area contributed by atoms with Gasteiger partial charge >= 0.3 is 0 Å². The minimum atomic E-state index is -0.794. The molecule has 0 unspecified atom stereocenters. The minimum absolute atomic E-state index is 0.0432. The summed E-state index contributed by atoms with van der Waals surface area (Å²) >= 11 is 0. The Kier molecular flexibility index (Phi) is 10.0. The number of carbonyl (C=O) groups is 1. The van der Waals surface area contributed by atoms with Gasteiger partial charge < -0.3 is 14.8 Å². The normalized spacial score (nSPS) is 13.1. The predicted molar refractivity (Wildman–Crippen MR) is 118 cm³/mol. The number of carbonyl (C=O) groups excluding carboxylic acids is 1. The molecule has 1 atom stereocenters. The summed E-state index contributed by atoms with van der Waals surface area (Å²) < 4.78 is 12.2. The van der Waals surface area contributed by atoms with Gasteiger partial charge in [-0.1, -0.05) is 41.5 Å². The van der Waals surface area contributed by atoms with E-state index in [0.29, 0.717) is 31.3 Å². The van der Waals surface area contributed by atoms with Crippen LogP contribution in [0.3, 0.4) is 0 Å². The summed E-state index contributed by atoms with van der Waals surface area (Å²) in [5.41, 5.74) is 1.01. The third kappa shape index (κ3) is 7.46. The quantitative estimate of drug-likeness (QED) is 0.450. The summed E-state index contributed by atoms with van der Waals surface area (Å²) in [7, 11) is 0. The molecule has 1 amide bonds. The van der Waals surface area contributed by atoms with Crippen LogP contribution in [0, 0.1) is 18.8 Å². The number of aryl methyl sites for hydroxylation is 1. The lowest BCUT2D eigenvalue weighted by Gasteiger charge is -2.35. The Balaban J connectivity index is 3.06. The van der Waals surface area contributed by atoms with Crippen LogP contribution in [0.25, 0.3) is 0 Å². The third-order valence-electron chi connectivity index (χ3n) is 4.81. The Hall–Kier alpha value is -1.55. The third-order valence-corrected chi connectivity index (χ3v) is 4.81. The monoisotopic (exact) mass is 391 g/mol. The molecule has 160 valence electrons. The van der Waals surface area contributed by atoms with Crippen molar-refractivity contribution in [1.82, 2.24) is 0 Å². The van der Waals surface area contributed by atoms with Gasteiger partial charge in [-0.05, 0) is 75.1 Å². The van der Waals surface area contributed by atoms with Gasteiger partial charge in [0.1, 0.15) is 11.4 Å². The number of rotatable bonds is 12. The van der Waals surface area contributed by atoms with E-state index in [1.807, 2.05) is 25.1 Å². The molecule has 0 aliphatic heterocycles. The van der Waals surface area contributed by atoms with E-state index in [1.54, 1.807) is 0 Å². The first-order valence-corrected chi connectivity index (χ1v) is 10.9. The lowest BCUT2D eigenvalue weighted by molar-refractivity contribution is -0.147. The van der Waals surface area contributed by atoms with Crippen LogP contribution in [0.5, 0.6) is 5.75 Å². The van der Waals surface area contributed by atoms with E-state index >= 15 is 0 Å². The topological polar surface area (TPSA) is 47.6 Å². The molecule has 0 radical (unpaired) electrons. The molecule has 0 saturated heterocycles. The van der Waals surface area contributed by atoms with Crippen molar-refractivity contribution in [3.05, 3.63) is 23.8 Å². The highest BCUT2D eigenvalue weighted by molar-refractivity contribution is 5.97. The van der Waals surface area contributed by atoms with E-state index in [0.717, 1.165) is 29.8 Å². The average molecular weight is 392 g/mol. The Morgan fingerprint density at radius 1 is 1.07 bits per heavy atom. The summed E-state index contributed by atoms with van der Waals surface area (Å²) in [5.74, 6) is 1.56. The van der Waals surface area contributed by atoms with Crippen LogP contribution in [0.15, 0.2) is 18.2 Å². The van der Waals surface area contributed by atoms with Crippen molar-refractivity contribution in [2.45, 2.75) is 92.8 Å². The van der Waals surface area contributed by atoms with E-state index in [2.05, 4.69) is 53.8 Å². The van der Waals surface area contributed by atoms with Crippen molar-refractivity contribution in [3.63, 3.8) is 0 Å². The van der Waals surface area contributed by atoms with E-state index in [1.165, 1.54) is 0 Å². The van der Waals surface area contributed by atoms with Gasteiger partial charge in [-0.2, -0.15) is 0 Å². The fraction of sp³-hybridized carbons (Fsp3) is 0.708. The lowest BCUT2D eigenvalue weighted by atomic mass is 9.83. The summed E-state index contributed by atoms with van der Waals surface area (Å²) in [4.78, 5) is 13.4. The second-order valence-corrected chi connectivity index (χ2v) is 8.81. The average Bonchev–Trinajstić information content (AvgIpc) is 2.60. The Morgan fingerprint density at radius 3 is 2.14 bits per heavy atom. The molecule has 0 saturated carbocycles. The van der Waals surface area contributed by atoms with Crippen LogP contribution in [0.4, 0.5) is 5.69 Å². The van der Waals surface area contributed by atoms with Crippen LogP contribution in [0.2, 0.25) is 0 Å². The molecule has 1 rings (SSSR count). The van der Waals surface area contributed by atoms with Crippen molar-refractivity contribution in [1.29, 1.82) is 0 Å². The van der Waals surface area contributed by atoms with Gasteiger partial charge in [0.2, 0.25) is 0 Å². The van der Waals surface area contributed by atoms with Crippen molar-refractivity contribution in [2.75, 3.05) is 11.9 Å². The molecule has 4 nitrogen and oxygen atoms in total. The van der Waals surface area contributed by atoms with Crippen molar-refractivity contribution in [3.8, 4) is 5.75 Å².